The summed E-state index contributed by atoms with van der Waals surface area (Å²) in [5.41, 5.74) is 2.33. The van der Waals surface area contributed by atoms with Crippen LogP contribution in [0.2, 0.25) is 0 Å². The second kappa shape index (κ2) is 6.99. The summed E-state index contributed by atoms with van der Waals surface area (Å²) in [7, 11) is 1.54. The van der Waals surface area contributed by atoms with Gasteiger partial charge in [0.2, 0.25) is 0 Å². The van der Waals surface area contributed by atoms with E-state index in [0.29, 0.717) is 22.3 Å². The maximum absolute atomic E-state index is 12.3. The SMILES string of the molecule is COc1ccc2c(COC(=O)Cc3c[nH]c4ccccc34)cc(=O)oc2c1. The molecule has 2 aromatic heterocycles. The molecule has 6 nitrogen and oxygen atoms in total. The van der Waals surface area contributed by atoms with E-state index in [1.165, 1.54) is 13.2 Å². The van der Waals surface area contributed by atoms with Crippen LogP contribution in [-0.2, 0) is 22.6 Å². The highest BCUT2D eigenvalue weighted by Crippen LogP contribution is 2.23. The topological polar surface area (TPSA) is 81.5 Å². The molecule has 0 radical (unpaired) electrons. The Bertz CT molecular complexity index is 1190. The highest BCUT2D eigenvalue weighted by atomic mass is 16.5. The Morgan fingerprint density at radius 1 is 1.07 bits per heavy atom. The van der Waals surface area contributed by atoms with Gasteiger partial charge >= 0.3 is 11.6 Å². The molecular formula is C21H17NO5. The van der Waals surface area contributed by atoms with Crippen molar-refractivity contribution in [2.45, 2.75) is 13.0 Å². The number of esters is 1. The molecule has 0 saturated heterocycles. The first-order valence-corrected chi connectivity index (χ1v) is 8.45. The van der Waals surface area contributed by atoms with Gasteiger partial charge in [0.15, 0.2) is 0 Å². The number of fused-ring (bicyclic) bond motifs is 2. The molecule has 4 rings (SSSR count). The minimum absolute atomic E-state index is 0.00435. The van der Waals surface area contributed by atoms with E-state index in [-0.39, 0.29) is 19.0 Å². The van der Waals surface area contributed by atoms with Crippen molar-refractivity contribution < 1.29 is 18.7 Å². The molecule has 4 aromatic rings. The van der Waals surface area contributed by atoms with Crippen LogP contribution in [0.5, 0.6) is 5.75 Å². The molecule has 0 bridgehead atoms. The van der Waals surface area contributed by atoms with E-state index in [0.717, 1.165) is 16.5 Å². The van der Waals surface area contributed by atoms with Crippen LogP contribution in [0.1, 0.15) is 11.1 Å². The summed E-state index contributed by atoms with van der Waals surface area (Å²) in [5.74, 6) is 0.216. The number of ether oxygens (including phenoxy) is 2. The van der Waals surface area contributed by atoms with Crippen molar-refractivity contribution >= 4 is 27.8 Å². The number of aromatic nitrogens is 1. The number of carbonyl (C=O) groups excluding carboxylic acids is 1. The molecule has 0 spiro atoms. The third-order valence-electron chi connectivity index (χ3n) is 4.44. The lowest BCUT2D eigenvalue weighted by molar-refractivity contribution is -0.144. The van der Waals surface area contributed by atoms with Crippen molar-refractivity contribution in [2.24, 2.45) is 0 Å². The number of aromatic amines is 1. The average molecular weight is 363 g/mol. The van der Waals surface area contributed by atoms with Gasteiger partial charge in [-0.25, -0.2) is 4.79 Å². The van der Waals surface area contributed by atoms with Crippen molar-refractivity contribution in [3.63, 3.8) is 0 Å². The quantitative estimate of drug-likeness (QED) is 0.433. The number of hydrogen-bond donors (Lipinski definition) is 1. The van der Waals surface area contributed by atoms with Gasteiger partial charge in [-0.1, -0.05) is 18.2 Å². The zero-order valence-corrected chi connectivity index (χ0v) is 14.7. The maximum Gasteiger partial charge on any atom is 0.336 e. The van der Waals surface area contributed by atoms with E-state index in [9.17, 15) is 9.59 Å². The first kappa shape index (κ1) is 16.9. The molecule has 0 fully saturated rings. The first-order chi connectivity index (χ1) is 13.1. The van der Waals surface area contributed by atoms with Crippen LogP contribution in [0.25, 0.3) is 21.9 Å². The van der Waals surface area contributed by atoms with Gasteiger partial charge in [-0.2, -0.15) is 0 Å². The maximum atomic E-state index is 12.3. The molecule has 27 heavy (non-hydrogen) atoms. The van der Waals surface area contributed by atoms with Crippen molar-refractivity contribution in [1.29, 1.82) is 0 Å². The molecule has 1 N–H and O–H groups in total. The van der Waals surface area contributed by atoms with Gasteiger partial charge in [0.1, 0.15) is 17.9 Å². The lowest BCUT2D eigenvalue weighted by atomic mass is 10.1. The van der Waals surface area contributed by atoms with Gasteiger partial charge < -0.3 is 18.9 Å². The summed E-state index contributed by atoms with van der Waals surface area (Å²) in [5, 5.41) is 1.70. The van der Waals surface area contributed by atoms with Crippen molar-refractivity contribution in [2.75, 3.05) is 7.11 Å². The second-order valence-electron chi connectivity index (χ2n) is 6.15. The van der Waals surface area contributed by atoms with E-state index < -0.39 is 5.63 Å². The zero-order chi connectivity index (χ0) is 18.8. The fourth-order valence-electron chi connectivity index (χ4n) is 3.10. The second-order valence-corrected chi connectivity index (χ2v) is 6.15. The van der Waals surface area contributed by atoms with Crippen molar-refractivity contribution in [1.82, 2.24) is 4.98 Å². The lowest BCUT2D eigenvalue weighted by Gasteiger charge is -2.08. The molecule has 0 amide bonds. The Morgan fingerprint density at radius 2 is 1.93 bits per heavy atom. The molecule has 2 heterocycles. The number of para-hydroxylation sites is 1. The predicted octanol–water partition coefficient (Wildman–Crippen LogP) is 3.57. The van der Waals surface area contributed by atoms with Gasteiger partial charge in [-0.3, -0.25) is 4.79 Å². The summed E-state index contributed by atoms with van der Waals surface area (Å²) in [6.45, 7) is -0.00435. The first-order valence-electron chi connectivity index (χ1n) is 8.45. The van der Waals surface area contributed by atoms with Crippen molar-refractivity contribution in [3.05, 3.63) is 76.3 Å². The van der Waals surface area contributed by atoms with Crippen LogP contribution in [0.3, 0.4) is 0 Å². The monoisotopic (exact) mass is 363 g/mol. The van der Waals surface area contributed by atoms with Gasteiger partial charge in [0.25, 0.3) is 0 Å². The molecule has 0 aliphatic rings. The van der Waals surface area contributed by atoms with Crippen LogP contribution in [0, 0.1) is 0 Å². The Labute approximate surface area is 154 Å². The summed E-state index contributed by atoms with van der Waals surface area (Å²) in [6, 6.07) is 14.3. The minimum atomic E-state index is -0.501. The van der Waals surface area contributed by atoms with Crippen LogP contribution in [-0.4, -0.2) is 18.1 Å². The summed E-state index contributed by atoms with van der Waals surface area (Å²) >= 11 is 0. The Balaban J connectivity index is 1.53. The number of nitrogens with one attached hydrogen (secondary N) is 1. The highest BCUT2D eigenvalue weighted by molar-refractivity contribution is 5.87. The Kier molecular flexibility index (Phi) is 4.38. The number of carbonyl (C=O) groups is 1. The van der Waals surface area contributed by atoms with Gasteiger partial charge in [-0.05, 0) is 23.8 Å². The van der Waals surface area contributed by atoms with E-state index in [1.54, 1.807) is 18.2 Å². The Hall–Kier alpha value is -3.54. The number of rotatable bonds is 5. The molecule has 0 unspecified atom stereocenters. The summed E-state index contributed by atoms with van der Waals surface area (Å²) < 4.78 is 15.8. The normalized spacial score (nSPS) is 11.0. The van der Waals surface area contributed by atoms with Gasteiger partial charge in [0.05, 0.1) is 13.5 Å². The fraction of sp³-hybridized carbons (Fsp3) is 0.143. The molecule has 0 atom stereocenters. The Morgan fingerprint density at radius 3 is 2.78 bits per heavy atom. The zero-order valence-electron chi connectivity index (χ0n) is 14.7. The van der Waals surface area contributed by atoms with Crippen LogP contribution in [0.15, 0.2) is 63.9 Å². The van der Waals surface area contributed by atoms with E-state index in [2.05, 4.69) is 4.98 Å². The van der Waals surface area contributed by atoms with E-state index in [1.807, 2.05) is 30.5 Å². The number of benzene rings is 2. The van der Waals surface area contributed by atoms with E-state index in [4.69, 9.17) is 13.9 Å². The molecule has 6 heteroatoms. The molecular weight excluding hydrogens is 346 g/mol. The van der Waals surface area contributed by atoms with Crippen molar-refractivity contribution in [3.8, 4) is 5.75 Å². The summed E-state index contributed by atoms with van der Waals surface area (Å²) in [6.07, 6.45) is 1.96. The highest BCUT2D eigenvalue weighted by Gasteiger charge is 2.12. The molecule has 136 valence electrons. The number of methoxy groups -OCH3 is 1. The molecule has 0 saturated carbocycles. The van der Waals surface area contributed by atoms with Gasteiger partial charge in [0, 0.05) is 40.2 Å². The standard InChI is InChI=1S/C21H17NO5/c1-25-15-6-7-17-14(9-21(24)27-19(17)10-15)12-26-20(23)8-13-11-22-18-5-3-2-4-16(13)18/h2-7,9-11,22H,8,12H2,1H3. The van der Waals surface area contributed by atoms with E-state index >= 15 is 0 Å². The lowest BCUT2D eigenvalue weighted by Crippen LogP contribution is -2.09. The predicted molar refractivity (Wildman–Crippen MR) is 101 cm³/mol. The minimum Gasteiger partial charge on any atom is -0.497 e. The average Bonchev–Trinajstić information content (AvgIpc) is 3.08. The van der Waals surface area contributed by atoms with Crippen LogP contribution in [0.4, 0.5) is 0 Å². The third-order valence-corrected chi connectivity index (χ3v) is 4.44. The molecule has 2 aromatic carbocycles. The number of hydrogen-bond acceptors (Lipinski definition) is 5. The van der Waals surface area contributed by atoms with Crippen LogP contribution >= 0.6 is 0 Å². The van der Waals surface area contributed by atoms with Gasteiger partial charge in [-0.15, -0.1) is 0 Å². The molecule has 0 aliphatic carbocycles. The largest absolute Gasteiger partial charge is 0.497 e. The summed E-state index contributed by atoms with van der Waals surface area (Å²) in [4.78, 5) is 27.2. The fourth-order valence-corrected chi connectivity index (χ4v) is 3.10. The molecule has 0 aliphatic heterocycles. The van der Waals surface area contributed by atoms with Crippen LogP contribution < -0.4 is 10.4 Å². The smallest absolute Gasteiger partial charge is 0.336 e. The number of H-pyrrole nitrogens is 1. The third kappa shape index (κ3) is 3.42.